The molecule has 0 radical (unpaired) electrons. The quantitative estimate of drug-likeness (QED) is 0.332. The molecule has 1 aliphatic rings. The number of nitrogens with one attached hydrogen (secondary N) is 3. The van der Waals surface area contributed by atoms with Gasteiger partial charge in [0.25, 0.3) is 5.91 Å². The predicted molar refractivity (Wildman–Crippen MR) is 119 cm³/mol. The van der Waals surface area contributed by atoms with Gasteiger partial charge in [0.1, 0.15) is 11.3 Å². The number of phenols is 1. The Morgan fingerprint density at radius 1 is 1.03 bits per heavy atom. The Morgan fingerprint density at radius 3 is 2.36 bits per heavy atom. The van der Waals surface area contributed by atoms with E-state index in [0.717, 1.165) is 38.5 Å². The van der Waals surface area contributed by atoms with Gasteiger partial charge in [-0.2, -0.15) is 4.98 Å². The highest BCUT2D eigenvalue weighted by molar-refractivity contribution is 5.94. The van der Waals surface area contributed by atoms with Crippen LogP contribution < -0.4 is 16.0 Å². The lowest BCUT2D eigenvalue weighted by molar-refractivity contribution is -0.122. The van der Waals surface area contributed by atoms with E-state index in [9.17, 15) is 19.5 Å². The van der Waals surface area contributed by atoms with Crippen LogP contribution in [0.2, 0.25) is 0 Å². The molecule has 3 rings (SSSR count). The summed E-state index contributed by atoms with van der Waals surface area (Å²) in [6.45, 7) is 2.05. The third-order valence-electron chi connectivity index (χ3n) is 5.70. The molecule has 10 heteroatoms. The average Bonchev–Trinajstić information content (AvgIpc) is 3.15. The number of carbonyl (C=O) groups is 3. The smallest absolute Gasteiger partial charge is 0.251 e. The van der Waals surface area contributed by atoms with Gasteiger partial charge in [0.05, 0.1) is 0 Å². The molecule has 178 valence electrons. The van der Waals surface area contributed by atoms with Gasteiger partial charge in [0, 0.05) is 38.4 Å². The van der Waals surface area contributed by atoms with Gasteiger partial charge in [0.2, 0.25) is 17.7 Å². The van der Waals surface area contributed by atoms with Crippen molar-refractivity contribution in [3.8, 4) is 5.75 Å². The van der Waals surface area contributed by atoms with Crippen molar-refractivity contribution in [2.24, 2.45) is 0 Å². The first-order valence-electron chi connectivity index (χ1n) is 11.3. The van der Waals surface area contributed by atoms with Crippen molar-refractivity contribution in [3.05, 3.63) is 41.5 Å². The molecule has 0 spiro atoms. The number of hydrogen-bond donors (Lipinski definition) is 4. The summed E-state index contributed by atoms with van der Waals surface area (Å²) < 4.78 is 5.36. The number of phenolic OH excluding ortho intramolecular Hbond substituents is 1. The highest BCUT2D eigenvalue weighted by Crippen LogP contribution is 2.34. The predicted octanol–water partition coefficient (Wildman–Crippen LogP) is 1.94. The van der Waals surface area contributed by atoms with Crippen molar-refractivity contribution in [2.45, 2.75) is 63.8 Å². The van der Waals surface area contributed by atoms with Crippen LogP contribution in [0.3, 0.4) is 0 Å². The molecule has 1 aromatic heterocycles. The Hall–Kier alpha value is -3.43. The van der Waals surface area contributed by atoms with Gasteiger partial charge in [0.15, 0.2) is 5.82 Å². The maximum Gasteiger partial charge on any atom is 0.251 e. The van der Waals surface area contributed by atoms with Gasteiger partial charge in [-0.05, 0) is 37.1 Å². The largest absolute Gasteiger partial charge is 0.508 e. The highest BCUT2D eigenvalue weighted by Gasteiger charge is 2.38. The van der Waals surface area contributed by atoms with Crippen LogP contribution in [-0.2, 0) is 21.5 Å². The van der Waals surface area contributed by atoms with Gasteiger partial charge >= 0.3 is 0 Å². The van der Waals surface area contributed by atoms with E-state index in [4.69, 9.17) is 4.52 Å². The third kappa shape index (κ3) is 7.03. The van der Waals surface area contributed by atoms with Gasteiger partial charge in [-0.3, -0.25) is 14.4 Å². The highest BCUT2D eigenvalue weighted by atomic mass is 16.5. The van der Waals surface area contributed by atoms with Crippen LogP contribution in [0.4, 0.5) is 0 Å². The number of rotatable bonds is 9. The number of amides is 3. The lowest BCUT2D eigenvalue weighted by Crippen LogP contribution is -2.45. The molecule has 0 unspecified atom stereocenters. The number of nitrogens with zero attached hydrogens (tertiary/aromatic N) is 2. The second-order valence-corrected chi connectivity index (χ2v) is 8.34. The maximum absolute atomic E-state index is 12.1. The number of hydrogen-bond acceptors (Lipinski definition) is 7. The first-order chi connectivity index (χ1) is 15.9. The maximum atomic E-state index is 12.1. The fourth-order valence-corrected chi connectivity index (χ4v) is 4.03. The Bertz CT molecular complexity index is 948. The number of carbonyl (C=O) groups excluding carboxylic acids is 3. The zero-order valence-electron chi connectivity index (χ0n) is 18.9. The summed E-state index contributed by atoms with van der Waals surface area (Å²) in [5, 5.41) is 21.9. The summed E-state index contributed by atoms with van der Waals surface area (Å²) in [7, 11) is 0. The third-order valence-corrected chi connectivity index (χ3v) is 5.70. The minimum Gasteiger partial charge on any atom is -0.508 e. The van der Waals surface area contributed by atoms with E-state index in [1.54, 1.807) is 0 Å². The molecule has 2 aromatic rings. The van der Waals surface area contributed by atoms with Crippen LogP contribution in [0.1, 0.15) is 73.9 Å². The van der Waals surface area contributed by atoms with Crippen LogP contribution in [0, 0.1) is 0 Å². The molecule has 1 aliphatic carbocycles. The summed E-state index contributed by atoms with van der Waals surface area (Å²) >= 11 is 0. The number of aromatic hydroxyl groups is 1. The second kappa shape index (κ2) is 11.4. The zero-order chi connectivity index (χ0) is 23.7. The van der Waals surface area contributed by atoms with Crippen molar-refractivity contribution in [1.29, 1.82) is 0 Å². The van der Waals surface area contributed by atoms with Crippen molar-refractivity contribution < 1.29 is 24.0 Å². The normalized spacial score (nSPS) is 15.3. The van der Waals surface area contributed by atoms with Crippen molar-refractivity contribution in [3.63, 3.8) is 0 Å². The Kier molecular flexibility index (Phi) is 8.39. The molecule has 10 nitrogen and oxygen atoms in total. The number of aromatic nitrogens is 2. The minimum absolute atomic E-state index is 0.0895. The zero-order valence-corrected chi connectivity index (χ0v) is 18.9. The van der Waals surface area contributed by atoms with Gasteiger partial charge < -0.3 is 25.6 Å². The molecule has 1 aromatic carbocycles. The molecule has 1 saturated carbocycles. The monoisotopic (exact) mass is 457 g/mol. The minimum atomic E-state index is -0.609. The van der Waals surface area contributed by atoms with Crippen molar-refractivity contribution in [2.75, 3.05) is 13.1 Å². The van der Waals surface area contributed by atoms with Crippen LogP contribution >= 0.6 is 0 Å². The van der Waals surface area contributed by atoms with Gasteiger partial charge in [-0.15, -0.1) is 0 Å². The fourth-order valence-electron chi connectivity index (χ4n) is 4.03. The SMILES string of the molecule is CC(=O)NC1(c2noc(CCC(=O)NCCNC(=O)c3ccc(O)cc3)n2)CCCCCC1. The van der Waals surface area contributed by atoms with Crippen LogP contribution in [-0.4, -0.2) is 46.1 Å². The molecule has 0 bridgehead atoms. The average molecular weight is 458 g/mol. The summed E-state index contributed by atoms with van der Waals surface area (Å²) in [6.07, 6.45) is 6.17. The molecule has 1 fully saturated rings. The Labute approximate surface area is 192 Å². The first kappa shape index (κ1) is 24.2. The summed E-state index contributed by atoms with van der Waals surface area (Å²) in [5.41, 5.74) is -0.181. The van der Waals surface area contributed by atoms with E-state index >= 15 is 0 Å². The van der Waals surface area contributed by atoms with E-state index < -0.39 is 5.54 Å². The first-order valence-corrected chi connectivity index (χ1v) is 11.3. The summed E-state index contributed by atoms with van der Waals surface area (Å²) in [4.78, 5) is 40.4. The molecule has 0 saturated heterocycles. The van der Waals surface area contributed by atoms with E-state index in [2.05, 4.69) is 26.1 Å². The van der Waals surface area contributed by atoms with E-state index in [1.807, 2.05) is 0 Å². The standard InChI is InChI=1S/C23H31N5O5/c1-16(29)27-23(12-4-2-3-5-13-23)22-26-20(33-28-22)11-10-19(31)24-14-15-25-21(32)17-6-8-18(30)9-7-17/h6-9,30H,2-5,10-15H2,1H3,(H,24,31)(H,25,32)(H,27,29). The van der Waals surface area contributed by atoms with Gasteiger partial charge in [-0.25, -0.2) is 0 Å². The molecule has 1 heterocycles. The van der Waals surface area contributed by atoms with Crippen LogP contribution in [0.25, 0.3) is 0 Å². The molecule has 33 heavy (non-hydrogen) atoms. The van der Waals surface area contributed by atoms with Gasteiger partial charge in [-0.1, -0.05) is 30.8 Å². The van der Waals surface area contributed by atoms with E-state index in [0.29, 0.717) is 17.3 Å². The Balaban J connectivity index is 1.43. The molecule has 0 atom stereocenters. The van der Waals surface area contributed by atoms with E-state index in [1.165, 1.54) is 31.2 Å². The van der Waals surface area contributed by atoms with Crippen LogP contribution in [0.15, 0.2) is 28.8 Å². The lowest BCUT2D eigenvalue weighted by atomic mass is 9.89. The lowest BCUT2D eigenvalue weighted by Gasteiger charge is -2.30. The van der Waals surface area contributed by atoms with E-state index in [-0.39, 0.29) is 49.4 Å². The number of benzene rings is 1. The topological polar surface area (TPSA) is 146 Å². The molecule has 4 N–H and O–H groups in total. The molecular formula is C23H31N5O5. The van der Waals surface area contributed by atoms with Crippen molar-refractivity contribution >= 4 is 17.7 Å². The van der Waals surface area contributed by atoms with Crippen molar-refractivity contribution in [1.82, 2.24) is 26.1 Å². The second-order valence-electron chi connectivity index (χ2n) is 8.34. The van der Waals surface area contributed by atoms with Crippen LogP contribution in [0.5, 0.6) is 5.75 Å². The fraction of sp³-hybridized carbons (Fsp3) is 0.522. The molecule has 0 aliphatic heterocycles. The number of aryl methyl sites for hydroxylation is 1. The summed E-state index contributed by atoms with van der Waals surface area (Å²) in [5.74, 6) is 0.322. The molecular weight excluding hydrogens is 426 g/mol. The molecule has 3 amide bonds. The summed E-state index contributed by atoms with van der Waals surface area (Å²) in [6, 6.07) is 5.92. The Morgan fingerprint density at radius 2 is 1.70 bits per heavy atom.